The molecule has 1 aliphatic rings. The van der Waals surface area contributed by atoms with Crippen molar-refractivity contribution >= 4 is 21.9 Å². The average Bonchev–Trinajstić information content (AvgIpc) is 2.60. The molecule has 1 amide bonds. The van der Waals surface area contributed by atoms with Crippen LogP contribution in [-0.4, -0.2) is 105 Å². The average molecular weight is 385 g/mol. The quantitative estimate of drug-likeness (QED) is 0.588. The van der Waals surface area contributed by atoms with E-state index in [2.05, 4.69) is 9.97 Å². The molecule has 0 unspecified atom stereocenters. The Balaban J connectivity index is 1.87. The van der Waals surface area contributed by atoms with Crippen LogP contribution in [0.25, 0.3) is 0 Å². The lowest BCUT2D eigenvalue weighted by Gasteiger charge is -2.35. The number of hydrogen-bond donors (Lipinski definition) is 0. The van der Waals surface area contributed by atoms with Gasteiger partial charge in [0.1, 0.15) is 0 Å². The van der Waals surface area contributed by atoms with Crippen LogP contribution in [0.2, 0.25) is 0 Å². The van der Waals surface area contributed by atoms with Crippen LogP contribution in [0.1, 0.15) is 6.42 Å². The zero-order valence-electron chi connectivity index (χ0n) is 15.7. The van der Waals surface area contributed by atoms with Gasteiger partial charge in [0.05, 0.1) is 12.8 Å². The molecule has 1 saturated heterocycles. The maximum atomic E-state index is 12.6. The van der Waals surface area contributed by atoms with Crippen LogP contribution in [-0.2, 0) is 14.8 Å². The summed E-state index contributed by atoms with van der Waals surface area (Å²) in [7, 11) is 0.459. The summed E-state index contributed by atoms with van der Waals surface area (Å²) in [6.45, 7) is 3.36. The molecular formula is C16H28N6O3S. The lowest BCUT2D eigenvalue weighted by Crippen LogP contribution is -2.52. The highest BCUT2D eigenvalue weighted by atomic mass is 32.2. The number of anilines is 1. The zero-order valence-corrected chi connectivity index (χ0v) is 16.5. The molecule has 9 nitrogen and oxygen atoms in total. The molecule has 0 N–H and O–H groups in total. The van der Waals surface area contributed by atoms with Crippen LogP contribution < -0.4 is 4.90 Å². The first kappa shape index (κ1) is 20.5. The number of amides is 1. The van der Waals surface area contributed by atoms with Crippen molar-refractivity contribution in [2.45, 2.75) is 6.42 Å². The van der Waals surface area contributed by atoms with Crippen molar-refractivity contribution in [2.75, 3.05) is 71.1 Å². The van der Waals surface area contributed by atoms with E-state index in [9.17, 15) is 13.2 Å². The van der Waals surface area contributed by atoms with Gasteiger partial charge < -0.3 is 14.7 Å². The molecule has 0 bridgehead atoms. The van der Waals surface area contributed by atoms with E-state index in [1.807, 2.05) is 23.9 Å². The van der Waals surface area contributed by atoms with Gasteiger partial charge in [-0.3, -0.25) is 4.79 Å². The normalized spacial score (nSPS) is 15.7. The molecule has 1 fully saturated rings. The number of sulfonamides is 1. The predicted molar refractivity (Wildman–Crippen MR) is 100 cm³/mol. The van der Waals surface area contributed by atoms with Crippen LogP contribution in [0, 0.1) is 0 Å². The maximum Gasteiger partial charge on any atom is 0.238 e. The monoisotopic (exact) mass is 384 g/mol. The number of nitrogens with zero attached hydrogens (tertiary/aromatic N) is 6. The SMILES string of the molecule is CN(C)CCCN(CC(=O)N1CCN(c2ncccn2)CC1)S(C)(=O)=O. The molecular weight excluding hydrogens is 356 g/mol. The van der Waals surface area contributed by atoms with E-state index >= 15 is 0 Å². The van der Waals surface area contributed by atoms with Crippen LogP contribution in [0.4, 0.5) is 5.95 Å². The molecule has 1 aromatic heterocycles. The van der Waals surface area contributed by atoms with E-state index in [-0.39, 0.29) is 12.5 Å². The van der Waals surface area contributed by atoms with Crippen molar-refractivity contribution in [3.05, 3.63) is 18.5 Å². The second kappa shape index (κ2) is 9.24. The molecule has 0 spiro atoms. The van der Waals surface area contributed by atoms with Crippen LogP contribution in [0.3, 0.4) is 0 Å². The molecule has 1 aliphatic heterocycles. The molecule has 0 aromatic carbocycles. The third kappa shape index (κ3) is 6.19. The maximum absolute atomic E-state index is 12.6. The number of aromatic nitrogens is 2. The summed E-state index contributed by atoms with van der Waals surface area (Å²) >= 11 is 0. The summed E-state index contributed by atoms with van der Waals surface area (Å²) in [5.41, 5.74) is 0. The highest BCUT2D eigenvalue weighted by Crippen LogP contribution is 2.11. The fraction of sp³-hybridized carbons (Fsp3) is 0.688. The number of hydrogen-bond acceptors (Lipinski definition) is 7. The lowest BCUT2D eigenvalue weighted by atomic mass is 10.3. The highest BCUT2D eigenvalue weighted by Gasteiger charge is 2.26. The van der Waals surface area contributed by atoms with Crippen LogP contribution in [0.5, 0.6) is 0 Å². The Morgan fingerprint density at radius 2 is 1.73 bits per heavy atom. The molecule has 1 aromatic rings. The van der Waals surface area contributed by atoms with Gasteiger partial charge in [-0.05, 0) is 33.1 Å². The molecule has 0 saturated carbocycles. The number of carbonyl (C=O) groups is 1. The largest absolute Gasteiger partial charge is 0.338 e. The smallest absolute Gasteiger partial charge is 0.238 e. The fourth-order valence-corrected chi connectivity index (χ4v) is 3.59. The van der Waals surface area contributed by atoms with Gasteiger partial charge in [-0.1, -0.05) is 0 Å². The third-order valence-electron chi connectivity index (χ3n) is 4.26. The van der Waals surface area contributed by atoms with E-state index in [1.54, 1.807) is 23.4 Å². The Bertz CT molecular complexity index is 674. The summed E-state index contributed by atoms with van der Waals surface area (Å²) in [5.74, 6) is 0.495. The van der Waals surface area contributed by atoms with Gasteiger partial charge in [0.15, 0.2) is 0 Å². The van der Waals surface area contributed by atoms with Gasteiger partial charge in [-0.2, -0.15) is 4.31 Å². The fourth-order valence-electron chi connectivity index (χ4n) is 2.79. The van der Waals surface area contributed by atoms with Gasteiger partial charge in [0.25, 0.3) is 0 Å². The molecule has 26 heavy (non-hydrogen) atoms. The van der Waals surface area contributed by atoms with E-state index < -0.39 is 10.0 Å². The predicted octanol–water partition coefficient (Wildman–Crippen LogP) is -0.661. The van der Waals surface area contributed by atoms with Gasteiger partial charge >= 0.3 is 0 Å². The Morgan fingerprint density at radius 3 is 2.27 bits per heavy atom. The van der Waals surface area contributed by atoms with Crippen LogP contribution in [0.15, 0.2) is 18.5 Å². The summed E-state index contributed by atoms with van der Waals surface area (Å²) < 4.78 is 25.2. The summed E-state index contributed by atoms with van der Waals surface area (Å²) in [6.07, 6.45) is 5.22. The third-order valence-corrected chi connectivity index (χ3v) is 5.51. The molecule has 0 atom stereocenters. The summed E-state index contributed by atoms with van der Waals surface area (Å²) in [6, 6.07) is 1.76. The van der Waals surface area contributed by atoms with Crippen molar-refractivity contribution in [3.8, 4) is 0 Å². The number of rotatable bonds is 8. The van der Waals surface area contributed by atoms with Crippen molar-refractivity contribution < 1.29 is 13.2 Å². The second-order valence-electron chi connectivity index (χ2n) is 6.67. The van der Waals surface area contributed by atoms with Crippen molar-refractivity contribution in [1.82, 2.24) is 24.1 Å². The van der Waals surface area contributed by atoms with Gasteiger partial charge in [0.2, 0.25) is 21.9 Å². The van der Waals surface area contributed by atoms with Gasteiger partial charge in [-0.15, -0.1) is 0 Å². The lowest BCUT2D eigenvalue weighted by molar-refractivity contribution is -0.131. The number of carbonyl (C=O) groups excluding carboxylic acids is 1. The minimum atomic E-state index is -3.41. The first-order valence-corrected chi connectivity index (χ1v) is 10.5. The first-order valence-electron chi connectivity index (χ1n) is 8.67. The number of piperazine rings is 1. The minimum absolute atomic E-state index is 0.103. The van der Waals surface area contributed by atoms with Gasteiger partial charge in [-0.25, -0.2) is 18.4 Å². The molecule has 2 heterocycles. The molecule has 10 heteroatoms. The molecule has 146 valence electrons. The van der Waals surface area contributed by atoms with E-state index in [1.165, 1.54) is 4.31 Å². The second-order valence-corrected chi connectivity index (χ2v) is 8.65. The van der Waals surface area contributed by atoms with Crippen molar-refractivity contribution in [2.24, 2.45) is 0 Å². The first-order chi connectivity index (χ1) is 12.3. The van der Waals surface area contributed by atoms with E-state index in [4.69, 9.17) is 0 Å². The Morgan fingerprint density at radius 1 is 1.12 bits per heavy atom. The topological polar surface area (TPSA) is 89.9 Å². The summed E-state index contributed by atoms with van der Waals surface area (Å²) in [4.78, 5) is 26.7. The van der Waals surface area contributed by atoms with E-state index in [0.717, 1.165) is 12.8 Å². The molecule has 0 radical (unpaired) electrons. The highest BCUT2D eigenvalue weighted by molar-refractivity contribution is 7.88. The molecule has 2 rings (SSSR count). The Kier molecular flexibility index (Phi) is 7.30. The van der Waals surface area contributed by atoms with Crippen molar-refractivity contribution in [3.63, 3.8) is 0 Å². The van der Waals surface area contributed by atoms with E-state index in [0.29, 0.717) is 45.1 Å². The Labute approximate surface area is 155 Å². The summed E-state index contributed by atoms with van der Waals surface area (Å²) in [5, 5.41) is 0. The Hall–Kier alpha value is -1.78. The minimum Gasteiger partial charge on any atom is -0.338 e. The molecule has 0 aliphatic carbocycles. The van der Waals surface area contributed by atoms with Crippen molar-refractivity contribution in [1.29, 1.82) is 0 Å². The zero-order chi connectivity index (χ0) is 19.2. The van der Waals surface area contributed by atoms with Gasteiger partial charge in [0, 0.05) is 45.1 Å². The van der Waals surface area contributed by atoms with Crippen LogP contribution >= 0.6 is 0 Å². The standard InChI is InChI=1S/C16H28N6O3S/c1-19(2)8-5-9-22(26(3,24)25)14-15(23)20-10-12-21(13-11-20)16-17-6-4-7-18-16/h4,6-7H,5,8-14H2,1-3H3.